The van der Waals surface area contributed by atoms with Gasteiger partial charge in [0.15, 0.2) is 12.4 Å². The summed E-state index contributed by atoms with van der Waals surface area (Å²) >= 11 is 11.9. The van der Waals surface area contributed by atoms with Crippen molar-refractivity contribution in [3.8, 4) is 5.75 Å². The van der Waals surface area contributed by atoms with E-state index in [9.17, 15) is 14.9 Å². The molecule has 130 valence electrons. The lowest BCUT2D eigenvalue weighted by atomic mass is 10.2. The third-order valence-corrected chi connectivity index (χ3v) is 3.71. The van der Waals surface area contributed by atoms with E-state index in [1.54, 1.807) is 31.2 Å². The number of hydrazone groups is 1. The van der Waals surface area contributed by atoms with E-state index in [1.165, 1.54) is 18.3 Å². The number of nitro groups is 1. The number of carbonyl (C=O) groups is 1. The van der Waals surface area contributed by atoms with Crippen LogP contribution >= 0.6 is 23.2 Å². The standard InChI is InChI=1S/C16H13Cl2N3O4/c1-10-5-6-15(14(7-10)21(23)24)25-9-16(22)20-19-8-11-12(17)3-2-4-13(11)18/h2-8H,9H2,1H3,(H,20,22). The molecule has 0 aliphatic rings. The zero-order valence-corrected chi connectivity index (χ0v) is 14.5. The fourth-order valence-corrected chi connectivity index (χ4v) is 2.37. The largest absolute Gasteiger partial charge is 0.477 e. The highest BCUT2D eigenvalue weighted by atomic mass is 35.5. The summed E-state index contributed by atoms with van der Waals surface area (Å²) in [5, 5.41) is 15.5. The second-order valence-electron chi connectivity index (χ2n) is 4.95. The van der Waals surface area contributed by atoms with Gasteiger partial charge in [-0.1, -0.05) is 35.3 Å². The van der Waals surface area contributed by atoms with Gasteiger partial charge in [-0.3, -0.25) is 14.9 Å². The van der Waals surface area contributed by atoms with E-state index in [2.05, 4.69) is 10.5 Å². The van der Waals surface area contributed by atoms with Crippen LogP contribution in [0.3, 0.4) is 0 Å². The van der Waals surface area contributed by atoms with Crippen LogP contribution < -0.4 is 10.2 Å². The molecule has 0 radical (unpaired) electrons. The summed E-state index contributed by atoms with van der Waals surface area (Å²) in [5.41, 5.74) is 3.20. The maximum Gasteiger partial charge on any atom is 0.311 e. The van der Waals surface area contributed by atoms with Gasteiger partial charge in [0.25, 0.3) is 5.91 Å². The molecule has 2 aromatic rings. The van der Waals surface area contributed by atoms with Crippen molar-refractivity contribution in [2.24, 2.45) is 5.10 Å². The molecular weight excluding hydrogens is 369 g/mol. The highest BCUT2D eigenvalue weighted by molar-refractivity contribution is 6.38. The van der Waals surface area contributed by atoms with Crippen LogP contribution in [0.15, 0.2) is 41.5 Å². The van der Waals surface area contributed by atoms with Crippen molar-refractivity contribution in [3.63, 3.8) is 0 Å². The van der Waals surface area contributed by atoms with E-state index < -0.39 is 17.4 Å². The molecule has 0 saturated carbocycles. The molecule has 0 unspecified atom stereocenters. The molecule has 1 amide bonds. The quantitative estimate of drug-likeness (QED) is 0.468. The molecule has 0 bridgehead atoms. The summed E-state index contributed by atoms with van der Waals surface area (Å²) in [6.07, 6.45) is 1.30. The van der Waals surface area contributed by atoms with Gasteiger partial charge in [-0.05, 0) is 30.7 Å². The molecule has 0 aliphatic carbocycles. The average molecular weight is 382 g/mol. The number of carbonyl (C=O) groups excluding carboxylic acids is 1. The topological polar surface area (TPSA) is 93.8 Å². The van der Waals surface area contributed by atoms with Gasteiger partial charge in [0, 0.05) is 11.6 Å². The van der Waals surface area contributed by atoms with Crippen LogP contribution in [0.4, 0.5) is 5.69 Å². The molecule has 0 aliphatic heterocycles. The Bertz CT molecular complexity index is 820. The molecule has 25 heavy (non-hydrogen) atoms. The molecule has 2 rings (SSSR count). The summed E-state index contributed by atoms with van der Waals surface area (Å²) in [6.45, 7) is 1.29. The molecule has 0 aromatic heterocycles. The first-order valence-electron chi connectivity index (χ1n) is 7.02. The van der Waals surface area contributed by atoms with Gasteiger partial charge >= 0.3 is 5.69 Å². The number of halogens is 2. The first-order chi connectivity index (χ1) is 11.9. The monoisotopic (exact) mass is 381 g/mol. The van der Waals surface area contributed by atoms with E-state index in [0.29, 0.717) is 21.2 Å². The highest BCUT2D eigenvalue weighted by Gasteiger charge is 2.16. The molecule has 0 spiro atoms. The molecule has 0 heterocycles. The second kappa shape index (κ2) is 8.46. The Kier molecular flexibility index (Phi) is 6.32. The zero-order chi connectivity index (χ0) is 18.4. The van der Waals surface area contributed by atoms with Gasteiger partial charge in [0.1, 0.15) is 0 Å². The Balaban J connectivity index is 1.96. The molecule has 0 saturated heterocycles. The number of hydrogen-bond acceptors (Lipinski definition) is 5. The van der Waals surface area contributed by atoms with Crippen molar-refractivity contribution in [2.75, 3.05) is 6.61 Å². The minimum Gasteiger partial charge on any atom is -0.477 e. The minimum absolute atomic E-state index is 0.00359. The van der Waals surface area contributed by atoms with Gasteiger partial charge < -0.3 is 4.74 Å². The number of amides is 1. The lowest BCUT2D eigenvalue weighted by Crippen LogP contribution is -2.24. The first kappa shape index (κ1) is 18.7. The summed E-state index contributed by atoms with van der Waals surface area (Å²) in [7, 11) is 0. The normalized spacial score (nSPS) is 10.7. The van der Waals surface area contributed by atoms with Crippen molar-refractivity contribution < 1.29 is 14.5 Å². The number of hydrogen-bond donors (Lipinski definition) is 1. The van der Waals surface area contributed by atoms with Crippen LogP contribution in [-0.4, -0.2) is 23.7 Å². The van der Waals surface area contributed by atoms with Crippen LogP contribution in [0.2, 0.25) is 10.0 Å². The summed E-state index contributed by atoms with van der Waals surface area (Å²) in [5.74, 6) is -0.585. The van der Waals surface area contributed by atoms with Crippen molar-refractivity contribution in [1.29, 1.82) is 0 Å². The lowest BCUT2D eigenvalue weighted by molar-refractivity contribution is -0.385. The Morgan fingerprint density at radius 2 is 2.00 bits per heavy atom. The predicted octanol–water partition coefficient (Wildman–Crippen LogP) is 3.74. The van der Waals surface area contributed by atoms with Crippen molar-refractivity contribution in [2.45, 2.75) is 6.92 Å². The highest BCUT2D eigenvalue weighted by Crippen LogP contribution is 2.27. The predicted molar refractivity (Wildman–Crippen MR) is 95.5 cm³/mol. The third-order valence-electron chi connectivity index (χ3n) is 3.05. The summed E-state index contributed by atoms with van der Waals surface area (Å²) < 4.78 is 5.19. The first-order valence-corrected chi connectivity index (χ1v) is 7.78. The SMILES string of the molecule is Cc1ccc(OCC(=O)NN=Cc2c(Cl)cccc2Cl)c([N+](=O)[O-])c1. The number of nitrogens with zero attached hydrogens (tertiary/aromatic N) is 2. The van der Waals surface area contributed by atoms with Crippen LogP contribution in [0.1, 0.15) is 11.1 Å². The summed E-state index contributed by atoms with van der Waals surface area (Å²) in [4.78, 5) is 22.2. The van der Waals surface area contributed by atoms with Crippen molar-refractivity contribution in [3.05, 3.63) is 67.7 Å². The fourth-order valence-electron chi connectivity index (χ4n) is 1.87. The molecule has 2 aromatic carbocycles. The van der Waals surface area contributed by atoms with Crippen molar-refractivity contribution in [1.82, 2.24) is 5.43 Å². The maximum absolute atomic E-state index is 11.7. The average Bonchev–Trinajstić information content (AvgIpc) is 2.56. The minimum atomic E-state index is -0.589. The van der Waals surface area contributed by atoms with Crippen LogP contribution in [0.5, 0.6) is 5.75 Å². The van der Waals surface area contributed by atoms with Gasteiger partial charge in [0.2, 0.25) is 0 Å². The molecule has 1 N–H and O–H groups in total. The molecule has 9 heteroatoms. The van der Waals surface area contributed by atoms with E-state index in [-0.39, 0.29) is 11.4 Å². The Labute approximate surface area is 153 Å². The number of nitro benzene ring substituents is 1. The zero-order valence-electron chi connectivity index (χ0n) is 13.0. The Hall–Kier alpha value is -2.64. The number of benzene rings is 2. The fraction of sp³-hybridized carbons (Fsp3) is 0.125. The molecular formula is C16H13Cl2N3O4. The van der Waals surface area contributed by atoms with E-state index in [1.807, 2.05) is 0 Å². The lowest BCUT2D eigenvalue weighted by Gasteiger charge is -2.06. The molecule has 7 nitrogen and oxygen atoms in total. The Morgan fingerprint density at radius 1 is 1.32 bits per heavy atom. The third kappa shape index (κ3) is 5.17. The number of rotatable bonds is 6. The van der Waals surface area contributed by atoms with E-state index in [0.717, 1.165) is 0 Å². The maximum atomic E-state index is 11.7. The number of nitrogens with one attached hydrogen (secondary N) is 1. The number of aryl methyl sites for hydroxylation is 1. The summed E-state index contributed by atoms with van der Waals surface area (Å²) in [6, 6.07) is 9.41. The van der Waals surface area contributed by atoms with Gasteiger partial charge in [-0.15, -0.1) is 0 Å². The van der Waals surface area contributed by atoms with Crippen LogP contribution in [0, 0.1) is 17.0 Å². The van der Waals surface area contributed by atoms with Gasteiger partial charge in [-0.2, -0.15) is 5.10 Å². The molecule has 0 fully saturated rings. The van der Waals surface area contributed by atoms with Crippen LogP contribution in [0.25, 0.3) is 0 Å². The number of ether oxygens (including phenoxy) is 1. The van der Waals surface area contributed by atoms with Crippen LogP contribution in [-0.2, 0) is 4.79 Å². The van der Waals surface area contributed by atoms with E-state index in [4.69, 9.17) is 27.9 Å². The second-order valence-corrected chi connectivity index (χ2v) is 5.76. The molecule has 0 atom stereocenters. The Morgan fingerprint density at radius 3 is 2.64 bits per heavy atom. The van der Waals surface area contributed by atoms with Crippen molar-refractivity contribution >= 4 is 41.0 Å². The van der Waals surface area contributed by atoms with Gasteiger partial charge in [0.05, 0.1) is 21.2 Å². The smallest absolute Gasteiger partial charge is 0.311 e. The van der Waals surface area contributed by atoms with Gasteiger partial charge in [-0.25, -0.2) is 5.43 Å². The van der Waals surface area contributed by atoms with E-state index >= 15 is 0 Å².